The first-order chi connectivity index (χ1) is 10.6. The molecule has 122 valence electrons. The number of hydrogen-bond acceptors (Lipinski definition) is 3. The number of aromatic nitrogens is 1. The average Bonchev–Trinajstić information content (AvgIpc) is 2.76. The lowest BCUT2D eigenvalue weighted by molar-refractivity contribution is -0.129. The Labute approximate surface area is 131 Å². The van der Waals surface area contributed by atoms with Crippen LogP contribution in [0.2, 0.25) is 0 Å². The first kappa shape index (κ1) is 16.7. The molecule has 5 nitrogen and oxygen atoms in total. The zero-order valence-corrected chi connectivity index (χ0v) is 13.6. The van der Waals surface area contributed by atoms with Crippen LogP contribution in [0.4, 0.5) is 0 Å². The maximum Gasteiger partial charge on any atom is 0.243 e. The van der Waals surface area contributed by atoms with E-state index in [4.69, 9.17) is 5.21 Å². The Kier molecular flexibility index (Phi) is 5.77. The topological polar surface area (TPSA) is 71.3 Å². The summed E-state index contributed by atoms with van der Waals surface area (Å²) in [7, 11) is 0. The summed E-state index contributed by atoms with van der Waals surface area (Å²) in [5.74, 6) is -0.0138. The third kappa shape index (κ3) is 3.58. The van der Waals surface area contributed by atoms with Crippen LogP contribution < -0.4 is 5.48 Å². The highest BCUT2D eigenvalue weighted by atomic mass is 16.5. The van der Waals surface area contributed by atoms with Crippen molar-refractivity contribution in [2.45, 2.75) is 71.8 Å². The summed E-state index contributed by atoms with van der Waals surface area (Å²) in [4.78, 5) is 23.0. The molecule has 0 bridgehead atoms. The number of carbonyl (C=O) groups excluding carboxylic acids is 2. The van der Waals surface area contributed by atoms with Crippen LogP contribution in [0.1, 0.15) is 72.3 Å². The maximum atomic E-state index is 12.1. The second-order valence-electron chi connectivity index (χ2n) is 6.16. The smallest absolute Gasteiger partial charge is 0.243 e. The molecule has 1 aromatic rings. The van der Waals surface area contributed by atoms with E-state index in [0.717, 1.165) is 56.2 Å². The molecule has 1 aliphatic rings. The van der Waals surface area contributed by atoms with Crippen molar-refractivity contribution in [3.05, 3.63) is 22.5 Å². The van der Waals surface area contributed by atoms with Crippen molar-refractivity contribution >= 4 is 11.7 Å². The molecule has 0 aliphatic heterocycles. The van der Waals surface area contributed by atoms with E-state index in [1.54, 1.807) is 5.48 Å². The molecule has 0 spiro atoms. The molecular formula is C17H26N2O3. The van der Waals surface area contributed by atoms with Crippen molar-refractivity contribution in [2.24, 2.45) is 0 Å². The van der Waals surface area contributed by atoms with Crippen molar-refractivity contribution in [3.63, 3.8) is 0 Å². The molecule has 0 saturated heterocycles. The van der Waals surface area contributed by atoms with Gasteiger partial charge in [0.2, 0.25) is 5.91 Å². The molecule has 1 heterocycles. The van der Waals surface area contributed by atoms with Gasteiger partial charge in [0.1, 0.15) is 0 Å². The molecule has 5 heteroatoms. The number of fused-ring (bicyclic) bond motifs is 1. The Morgan fingerprint density at radius 2 is 1.91 bits per heavy atom. The normalized spacial score (nSPS) is 14.0. The molecule has 1 aromatic heterocycles. The third-order valence-corrected chi connectivity index (χ3v) is 4.69. The molecule has 0 atom stereocenters. The summed E-state index contributed by atoms with van der Waals surface area (Å²) in [6.45, 7) is 5.11. The lowest BCUT2D eigenvalue weighted by atomic mass is 9.94. The molecule has 2 rings (SSSR count). The second-order valence-corrected chi connectivity index (χ2v) is 6.16. The zero-order valence-electron chi connectivity index (χ0n) is 13.6. The number of carbonyl (C=O) groups is 2. The van der Waals surface area contributed by atoms with Gasteiger partial charge in [-0.1, -0.05) is 12.8 Å². The third-order valence-electron chi connectivity index (χ3n) is 4.69. The van der Waals surface area contributed by atoms with Crippen LogP contribution in [0.15, 0.2) is 0 Å². The highest BCUT2D eigenvalue weighted by Gasteiger charge is 2.25. The molecule has 0 unspecified atom stereocenters. The van der Waals surface area contributed by atoms with E-state index in [2.05, 4.69) is 18.4 Å². The van der Waals surface area contributed by atoms with E-state index >= 15 is 0 Å². The summed E-state index contributed by atoms with van der Waals surface area (Å²) in [6, 6.07) is 0. The molecule has 1 aliphatic carbocycles. The summed E-state index contributed by atoms with van der Waals surface area (Å²) < 4.78 is 2.32. The zero-order chi connectivity index (χ0) is 16.1. The molecule has 0 saturated carbocycles. The highest BCUT2D eigenvalue weighted by molar-refractivity contribution is 6.00. The number of nitrogens with zero attached hydrogens (tertiary/aromatic N) is 1. The van der Waals surface area contributed by atoms with E-state index in [1.807, 2.05) is 0 Å². The molecule has 22 heavy (non-hydrogen) atoms. The summed E-state index contributed by atoms with van der Waals surface area (Å²) in [5, 5.41) is 8.42. The molecule has 0 fully saturated rings. The number of hydrogen-bond donors (Lipinski definition) is 2. The fourth-order valence-electron chi connectivity index (χ4n) is 3.38. The van der Waals surface area contributed by atoms with Gasteiger partial charge in [0.25, 0.3) is 0 Å². The van der Waals surface area contributed by atoms with Crippen molar-refractivity contribution in [3.8, 4) is 0 Å². The van der Waals surface area contributed by atoms with Crippen LogP contribution >= 0.6 is 0 Å². The van der Waals surface area contributed by atoms with Crippen LogP contribution in [-0.2, 0) is 17.8 Å². The Balaban J connectivity index is 1.87. The van der Waals surface area contributed by atoms with Crippen molar-refractivity contribution in [2.75, 3.05) is 0 Å². The summed E-state index contributed by atoms with van der Waals surface area (Å²) in [6.07, 6.45) is 6.92. The first-order valence-electron chi connectivity index (χ1n) is 8.21. The monoisotopic (exact) mass is 306 g/mol. The van der Waals surface area contributed by atoms with Crippen LogP contribution in [0.3, 0.4) is 0 Å². The van der Waals surface area contributed by atoms with Gasteiger partial charge in [-0.05, 0) is 45.1 Å². The Hall–Kier alpha value is -1.62. The highest BCUT2D eigenvalue weighted by Crippen LogP contribution is 2.29. The van der Waals surface area contributed by atoms with E-state index in [0.29, 0.717) is 18.6 Å². The largest absolute Gasteiger partial charge is 0.348 e. The maximum absolute atomic E-state index is 12.1. The van der Waals surface area contributed by atoms with E-state index in [1.165, 1.54) is 11.4 Å². The Morgan fingerprint density at radius 3 is 2.64 bits per heavy atom. The van der Waals surface area contributed by atoms with Crippen molar-refractivity contribution in [1.82, 2.24) is 10.0 Å². The predicted molar refractivity (Wildman–Crippen MR) is 84.2 cm³/mol. The van der Waals surface area contributed by atoms with Gasteiger partial charge in [0, 0.05) is 36.3 Å². The summed E-state index contributed by atoms with van der Waals surface area (Å²) in [5.41, 5.74) is 6.23. The molecule has 0 radical (unpaired) electrons. The quantitative estimate of drug-likeness (QED) is 0.462. The molecule has 2 N–H and O–H groups in total. The van der Waals surface area contributed by atoms with Crippen molar-refractivity contribution in [1.29, 1.82) is 0 Å². The van der Waals surface area contributed by atoms with Gasteiger partial charge >= 0.3 is 0 Å². The van der Waals surface area contributed by atoms with Crippen LogP contribution in [0, 0.1) is 13.8 Å². The first-order valence-corrected chi connectivity index (χ1v) is 8.21. The van der Waals surface area contributed by atoms with Gasteiger partial charge in [-0.15, -0.1) is 0 Å². The molecule has 0 aromatic carbocycles. The minimum Gasteiger partial charge on any atom is -0.348 e. The van der Waals surface area contributed by atoms with Gasteiger partial charge in [-0.2, -0.15) is 0 Å². The fraction of sp³-hybridized carbons (Fsp3) is 0.647. The lowest BCUT2D eigenvalue weighted by Crippen LogP contribution is -2.17. The minimum absolute atomic E-state index is 0.301. The van der Waals surface area contributed by atoms with E-state index in [-0.39, 0.29) is 5.91 Å². The van der Waals surface area contributed by atoms with E-state index < -0.39 is 0 Å². The van der Waals surface area contributed by atoms with Gasteiger partial charge in [-0.3, -0.25) is 14.8 Å². The minimum atomic E-state index is -0.315. The fourth-order valence-corrected chi connectivity index (χ4v) is 3.38. The van der Waals surface area contributed by atoms with Gasteiger partial charge in [0.15, 0.2) is 5.78 Å². The van der Waals surface area contributed by atoms with Gasteiger partial charge in [0.05, 0.1) is 0 Å². The number of Topliss-reactive ketones (excluding diaryl/α,β-unsaturated/α-hetero) is 1. The Bertz CT molecular complexity index is 561. The van der Waals surface area contributed by atoms with Gasteiger partial charge < -0.3 is 4.57 Å². The van der Waals surface area contributed by atoms with Crippen LogP contribution in [-0.4, -0.2) is 21.5 Å². The predicted octanol–water partition coefficient (Wildman–Crippen LogP) is 3.08. The number of ketones is 1. The lowest BCUT2D eigenvalue weighted by Gasteiger charge is -2.16. The Morgan fingerprint density at radius 1 is 1.18 bits per heavy atom. The number of unbranched alkanes of at least 4 members (excludes halogenated alkanes) is 3. The summed E-state index contributed by atoms with van der Waals surface area (Å²) >= 11 is 0. The number of amides is 1. The number of nitrogens with one attached hydrogen (secondary N) is 1. The average molecular weight is 306 g/mol. The van der Waals surface area contributed by atoms with Crippen molar-refractivity contribution < 1.29 is 14.8 Å². The van der Waals surface area contributed by atoms with Crippen LogP contribution in [0.5, 0.6) is 0 Å². The number of hydroxylamine groups is 1. The second kappa shape index (κ2) is 7.58. The van der Waals surface area contributed by atoms with E-state index in [9.17, 15) is 9.59 Å². The SMILES string of the molecule is Cc1c2c(n(CCCCCCC(=O)NO)c1C)CCCC2=O. The van der Waals surface area contributed by atoms with Gasteiger partial charge in [-0.25, -0.2) is 5.48 Å². The van der Waals surface area contributed by atoms with Crippen LogP contribution in [0.25, 0.3) is 0 Å². The molecule has 1 amide bonds. The number of rotatable bonds is 7. The standard InChI is InChI=1S/C17H26N2O3/c1-12-13(2)19(14-8-7-9-15(20)17(12)14)11-6-4-3-5-10-16(21)18-22/h22H,3-11H2,1-2H3,(H,18,21). The molecular weight excluding hydrogens is 280 g/mol.